The predicted molar refractivity (Wildman–Crippen MR) is 136 cm³/mol. The van der Waals surface area contributed by atoms with Gasteiger partial charge in [0.15, 0.2) is 0 Å². The second-order valence-electron chi connectivity index (χ2n) is 9.64. The third-order valence-corrected chi connectivity index (χ3v) is 7.19. The van der Waals surface area contributed by atoms with Gasteiger partial charge in [-0.2, -0.15) is 0 Å². The maximum absolute atomic E-state index is 14.0. The normalized spacial score (nSPS) is 18.8. The van der Waals surface area contributed by atoms with Crippen LogP contribution >= 0.6 is 0 Å². The van der Waals surface area contributed by atoms with Crippen LogP contribution in [-0.4, -0.2) is 47.0 Å². The lowest BCUT2D eigenvalue weighted by Crippen LogP contribution is -2.49. The molecular weight excluding hydrogens is 457 g/mol. The number of rotatable bonds is 8. The zero-order valence-electron chi connectivity index (χ0n) is 20.3. The maximum Gasteiger partial charge on any atom is 0.271 e. The van der Waals surface area contributed by atoms with Crippen molar-refractivity contribution in [2.24, 2.45) is 0 Å². The van der Waals surface area contributed by atoms with Gasteiger partial charge in [-0.15, -0.1) is 0 Å². The van der Waals surface area contributed by atoms with E-state index in [0.717, 1.165) is 49.8 Å². The van der Waals surface area contributed by atoms with Crippen LogP contribution in [0.5, 0.6) is 0 Å². The van der Waals surface area contributed by atoms with Crippen molar-refractivity contribution in [1.82, 2.24) is 15.2 Å². The van der Waals surface area contributed by atoms with Crippen LogP contribution in [0.4, 0.5) is 4.39 Å². The molecule has 0 radical (unpaired) electrons. The van der Waals surface area contributed by atoms with E-state index < -0.39 is 6.04 Å². The highest BCUT2D eigenvalue weighted by atomic mass is 19.1. The van der Waals surface area contributed by atoms with Gasteiger partial charge in [0, 0.05) is 24.9 Å². The SMILES string of the molecule is O=C(NCC1CCCO1)C(c1ccc(F)cc1)N(C(=O)c1ccc(-c2ccccc2)[nH]1)C1CCCC1. The van der Waals surface area contributed by atoms with Crippen LogP contribution in [0, 0.1) is 5.82 Å². The lowest BCUT2D eigenvalue weighted by molar-refractivity contribution is -0.127. The molecule has 6 nitrogen and oxygen atoms in total. The molecule has 2 heterocycles. The summed E-state index contributed by atoms with van der Waals surface area (Å²) in [6.07, 6.45) is 5.52. The third kappa shape index (κ3) is 5.36. The molecule has 2 aliphatic rings. The quantitative estimate of drug-likeness (QED) is 0.454. The van der Waals surface area contributed by atoms with Gasteiger partial charge in [0.1, 0.15) is 17.6 Å². The van der Waals surface area contributed by atoms with Gasteiger partial charge in [-0.25, -0.2) is 4.39 Å². The smallest absolute Gasteiger partial charge is 0.271 e. The van der Waals surface area contributed by atoms with Gasteiger partial charge in [-0.1, -0.05) is 55.3 Å². The summed E-state index contributed by atoms with van der Waals surface area (Å²) in [5, 5.41) is 3.02. The number of amides is 2. The van der Waals surface area contributed by atoms with Gasteiger partial charge < -0.3 is 19.9 Å². The van der Waals surface area contributed by atoms with E-state index in [4.69, 9.17) is 4.74 Å². The van der Waals surface area contributed by atoms with Gasteiger partial charge >= 0.3 is 0 Å². The minimum absolute atomic E-state index is 0.0183. The minimum atomic E-state index is -0.869. The Labute approximate surface area is 210 Å². The Morgan fingerprint density at radius 2 is 1.72 bits per heavy atom. The van der Waals surface area contributed by atoms with E-state index in [1.807, 2.05) is 36.4 Å². The fourth-order valence-electron chi connectivity index (χ4n) is 5.32. The number of carbonyl (C=O) groups excluding carboxylic acids is 2. The Hall–Kier alpha value is -3.45. The molecule has 1 aliphatic heterocycles. The van der Waals surface area contributed by atoms with Crippen LogP contribution in [0.25, 0.3) is 11.3 Å². The van der Waals surface area contributed by atoms with Crippen molar-refractivity contribution in [3.63, 3.8) is 0 Å². The van der Waals surface area contributed by atoms with Crippen molar-refractivity contribution < 1.29 is 18.7 Å². The summed E-state index contributed by atoms with van der Waals surface area (Å²) in [5.74, 6) is -0.884. The highest BCUT2D eigenvalue weighted by Gasteiger charge is 2.38. The number of H-pyrrole nitrogens is 1. The molecule has 1 aliphatic carbocycles. The Morgan fingerprint density at radius 1 is 0.972 bits per heavy atom. The molecule has 2 aromatic carbocycles. The average Bonchev–Trinajstić information content (AvgIpc) is 3.70. The molecule has 2 atom stereocenters. The fourth-order valence-corrected chi connectivity index (χ4v) is 5.32. The number of aromatic nitrogens is 1. The summed E-state index contributed by atoms with van der Waals surface area (Å²) < 4.78 is 19.5. The van der Waals surface area contributed by atoms with Gasteiger partial charge in [-0.3, -0.25) is 9.59 Å². The first-order valence-corrected chi connectivity index (χ1v) is 12.8. The van der Waals surface area contributed by atoms with Gasteiger partial charge in [-0.05, 0) is 61.1 Å². The number of hydrogen-bond donors (Lipinski definition) is 2. The zero-order valence-corrected chi connectivity index (χ0v) is 20.3. The Balaban J connectivity index is 1.48. The number of nitrogens with zero attached hydrogens (tertiary/aromatic N) is 1. The molecule has 0 bridgehead atoms. The summed E-state index contributed by atoms with van der Waals surface area (Å²) in [6, 6.07) is 18.4. The van der Waals surface area contributed by atoms with Crippen molar-refractivity contribution >= 4 is 11.8 Å². The molecular formula is C29H32FN3O3. The van der Waals surface area contributed by atoms with E-state index in [-0.39, 0.29) is 29.8 Å². The predicted octanol–water partition coefficient (Wildman–Crippen LogP) is 5.24. The van der Waals surface area contributed by atoms with E-state index >= 15 is 0 Å². The van der Waals surface area contributed by atoms with Crippen LogP contribution in [0.3, 0.4) is 0 Å². The van der Waals surface area contributed by atoms with Crippen LogP contribution in [-0.2, 0) is 9.53 Å². The number of carbonyl (C=O) groups is 2. The van der Waals surface area contributed by atoms with Crippen molar-refractivity contribution in [2.45, 2.75) is 56.7 Å². The first kappa shape index (κ1) is 24.3. The molecule has 1 saturated heterocycles. The molecule has 1 aromatic heterocycles. The largest absolute Gasteiger partial charge is 0.376 e. The third-order valence-electron chi connectivity index (χ3n) is 7.19. The Bertz CT molecular complexity index is 1170. The molecule has 5 rings (SSSR count). The van der Waals surface area contributed by atoms with Crippen molar-refractivity contribution in [3.8, 4) is 11.3 Å². The van der Waals surface area contributed by atoms with Crippen molar-refractivity contribution in [2.75, 3.05) is 13.2 Å². The molecule has 3 aromatic rings. The molecule has 1 saturated carbocycles. The van der Waals surface area contributed by atoms with Crippen LogP contribution in [0.15, 0.2) is 66.7 Å². The number of halogens is 1. The van der Waals surface area contributed by atoms with E-state index in [2.05, 4.69) is 10.3 Å². The van der Waals surface area contributed by atoms with Crippen LogP contribution in [0.2, 0.25) is 0 Å². The number of nitrogens with one attached hydrogen (secondary N) is 2. The van der Waals surface area contributed by atoms with Crippen molar-refractivity contribution in [1.29, 1.82) is 0 Å². The summed E-state index contributed by atoms with van der Waals surface area (Å²) in [5.41, 5.74) is 2.84. The van der Waals surface area contributed by atoms with Gasteiger partial charge in [0.2, 0.25) is 5.91 Å². The van der Waals surface area contributed by atoms with Gasteiger partial charge in [0.05, 0.1) is 6.10 Å². The van der Waals surface area contributed by atoms with Crippen LogP contribution < -0.4 is 5.32 Å². The maximum atomic E-state index is 14.0. The lowest BCUT2D eigenvalue weighted by Gasteiger charge is -2.36. The number of aromatic amines is 1. The van der Waals surface area contributed by atoms with E-state index in [1.165, 1.54) is 12.1 Å². The highest BCUT2D eigenvalue weighted by Crippen LogP contribution is 2.34. The number of ether oxygens (including phenoxy) is 1. The monoisotopic (exact) mass is 489 g/mol. The summed E-state index contributed by atoms with van der Waals surface area (Å²) in [6.45, 7) is 1.09. The average molecular weight is 490 g/mol. The number of hydrogen-bond acceptors (Lipinski definition) is 3. The fraction of sp³-hybridized carbons (Fsp3) is 0.379. The standard InChI is InChI=1S/C29H32FN3O3/c30-22-14-12-21(13-15-22)27(28(34)31-19-24-11-6-18-36-24)33(23-9-4-5-10-23)29(35)26-17-16-25(32-26)20-7-2-1-3-8-20/h1-3,7-8,12-17,23-24,27,32H,4-6,9-11,18-19H2,(H,31,34). The Morgan fingerprint density at radius 3 is 2.42 bits per heavy atom. The lowest BCUT2D eigenvalue weighted by atomic mass is 10.00. The zero-order chi connectivity index (χ0) is 24.9. The topological polar surface area (TPSA) is 74.4 Å². The first-order valence-electron chi connectivity index (χ1n) is 12.8. The molecule has 188 valence electrons. The Kier molecular flexibility index (Phi) is 7.47. The first-order chi connectivity index (χ1) is 17.6. The summed E-state index contributed by atoms with van der Waals surface area (Å²) in [7, 11) is 0. The molecule has 7 heteroatoms. The molecule has 2 amide bonds. The molecule has 2 fully saturated rings. The second-order valence-corrected chi connectivity index (χ2v) is 9.64. The van der Waals surface area contributed by atoms with E-state index in [1.54, 1.807) is 23.1 Å². The summed E-state index contributed by atoms with van der Waals surface area (Å²) in [4.78, 5) is 32.7. The number of benzene rings is 2. The van der Waals surface area contributed by atoms with E-state index in [9.17, 15) is 14.0 Å². The van der Waals surface area contributed by atoms with E-state index in [0.29, 0.717) is 24.4 Å². The minimum Gasteiger partial charge on any atom is -0.376 e. The summed E-state index contributed by atoms with van der Waals surface area (Å²) >= 11 is 0. The molecule has 2 unspecified atom stereocenters. The molecule has 0 spiro atoms. The molecule has 2 N–H and O–H groups in total. The molecule has 36 heavy (non-hydrogen) atoms. The van der Waals surface area contributed by atoms with Crippen LogP contribution in [0.1, 0.15) is 60.6 Å². The highest BCUT2D eigenvalue weighted by molar-refractivity contribution is 5.97. The van der Waals surface area contributed by atoms with Gasteiger partial charge in [0.25, 0.3) is 5.91 Å². The second kappa shape index (κ2) is 11.1. The van der Waals surface area contributed by atoms with Crippen molar-refractivity contribution in [3.05, 3.63) is 83.8 Å².